The van der Waals surface area contributed by atoms with Gasteiger partial charge >= 0.3 is 0 Å². The van der Waals surface area contributed by atoms with Crippen LogP contribution >= 0.6 is 0 Å². The Morgan fingerprint density at radius 2 is 1.96 bits per heavy atom. The molecular formula is C23H30N2O3. The van der Waals surface area contributed by atoms with Crippen molar-refractivity contribution in [1.82, 2.24) is 4.90 Å². The summed E-state index contributed by atoms with van der Waals surface area (Å²) in [4.78, 5) is 14.6. The molecule has 1 aliphatic rings. The fourth-order valence-corrected chi connectivity index (χ4v) is 3.50. The molecule has 0 aromatic heterocycles. The van der Waals surface area contributed by atoms with Crippen molar-refractivity contribution in [2.75, 3.05) is 38.2 Å². The molecule has 1 saturated heterocycles. The van der Waals surface area contributed by atoms with Crippen LogP contribution in [-0.2, 0) is 16.1 Å². The summed E-state index contributed by atoms with van der Waals surface area (Å²) >= 11 is 0. The summed E-state index contributed by atoms with van der Waals surface area (Å²) in [7, 11) is 0. The zero-order valence-electron chi connectivity index (χ0n) is 17.0. The number of hydrogen-bond acceptors (Lipinski definition) is 4. The van der Waals surface area contributed by atoms with Crippen molar-refractivity contribution < 1.29 is 14.3 Å². The van der Waals surface area contributed by atoms with Crippen LogP contribution < -0.4 is 10.1 Å². The van der Waals surface area contributed by atoms with Gasteiger partial charge in [0.1, 0.15) is 5.75 Å². The molecule has 0 bridgehead atoms. The Balaban J connectivity index is 1.52. The zero-order valence-corrected chi connectivity index (χ0v) is 17.0. The lowest BCUT2D eigenvalue weighted by molar-refractivity contribution is -0.118. The standard InChI is InChI=1S/C23H30N2O3/c1-17(2)22-8-7-21(13-18(22)3)28-16-23(26)24-20-6-4-5-19(14-20)15-25-9-11-27-12-10-25/h4-8,13-14,17H,9-12,15-16H2,1-3H3,(H,24,26). The summed E-state index contributed by atoms with van der Waals surface area (Å²) in [5, 5.41) is 2.93. The van der Waals surface area contributed by atoms with E-state index in [1.54, 1.807) is 0 Å². The van der Waals surface area contributed by atoms with Crippen LogP contribution in [-0.4, -0.2) is 43.7 Å². The van der Waals surface area contributed by atoms with E-state index in [4.69, 9.17) is 9.47 Å². The van der Waals surface area contributed by atoms with Crippen LogP contribution in [0.1, 0.15) is 36.5 Å². The van der Waals surface area contributed by atoms with Crippen LogP contribution in [0, 0.1) is 6.92 Å². The minimum Gasteiger partial charge on any atom is -0.484 e. The lowest BCUT2D eigenvalue weighted by atomic mass is 9.98. The molecule has 2 aromatic carbocycles. The number of carbonyl (C=O) groups excluding carboxylic acids is 1. The maximum Gasteiger partial charge on any atom is 0.262 e. The highest BCUT2D eigenvalue weighted by Crippen LogP contribution is 2.23. The predicted octanol–water partition coefficient (Wildman–Crippen LogP) is 3.97. The number of morpholine rings is 1. The van der Waals surface area contributed by atoms with E-state index in [1.165, 1.54) is 16.7 Å². The fraction of sp³-hybridized carbons (Fsp3) is 0.435. The first-order chi connectivity index (χ1) is 13.5. The molecule has 0 radical (unpaired) electrons. The van der Waals surface area contributed by atoms with Crippen molar-refractivity contribution in [2.24, 2.45) is 0 Å². The first-order valence-electron chi connectivity index (χ1n) is 9.93. The molecule has 0 spiro atoms. The van der Waals surface area contributed by atoms with Gasteiger partial charge in [0.15, 0.2) is 6.61 Å². The minimum absolute atomic E-state index is 0.00580. The molecule has 0 saturated carbocycles. The number of nitrogens with zero attached hydrogens (tertiary/aromatic N) is 1. The zero-order chi connectivity index (χ0) is 19.9. The van der Waals surface area contributed by atoms with E-state index in [0.717, 1.165) is 44.3 Å². The average molecular weight is 383 g/mol. The quantitative estimate of drug-likeness (QED) is 0.787. The van der Waals surface area contributed by atoms with Crippen molar-refractivity contribution in [3.63, 3.8) is 0 Å². The van der Waals surface area contributed by atoms with E-state index in [-0.39, 0.29) is 12.5 Å². The van der Waals surface area contributed by atoms with E-state index in [1.807, 2.05) is 30.3 Å². The minimum atomic E-state index is -0.158. The summed E-state index contributed by atoms with van der Waals surface area (Å²) in [6.45, 7) is 10.7. The van der Waals surface area contributed by atoms with Crippen LogP contribution in [0.4, 0.5) is 5.69 Å². The number of nitrogens with one attached hydrogen (secondary N) is 1. The van der Waals surface area contributed by atoms with Gasteiger partial charge in [0, 0.05) is 25.3 Å². The number of amides is 1. The molecule has 2 aromatic rings. The first-order valence-corrected chi connectivity index (χ1v) is 9.93. The second-order valence-electron chi connectivity index (χ2n) is 7.60. The highest BCUT2D eigenvalue weighted by Gasteiger charge is 2.11. The maximum absolute atomic E-state index is 12.3. The topological polar surface area (TPSA) is 50.8 Å². The van der Waals surface area contributed by atoms with E-state index in [2.05, 4.69) is 43.1 Å². The maximum atomic E-state index is 12.3. The normalized spacial score (nSPS) is 14.9. The SMILES string of the molecule is Cc1cc(OCC(=O)Nc2cccc(CN3CCOCC3)c2)ccc1C(C)C. The van der Waals surface area contributed by atoms with Crippen molar-refractivity contribution in [3.05, 3.63) is 59.2 Å². The Morgan fingerprint density at radius 3 is 2.68 bits per heavy atom. The van der Waals surface area contributed by atoms with Crippen LogP contribution in [0.5, 0.6) is 5.75 Å². The molecule has 1 heterocycles. The molecule has 0 atom stereocenters. The first kappa shape index (κ1) is 20.4. The van der Waals surface area contributed by atoms with Gasteiger partial charge in [-0.3, -0.25) is 9.69 Å². The third kappa shape index (κ3) is 5.81. The molecule has 0 aliphatic carbocycles. The Hall–Kier alpha value is -2.37. The monoisotopic (exact) mass is 382 g/mol. The van der Waals surface area contributed by atoms with Gasteiger partial charge in [-0.15, -0.1) is 0 Å². The Morgan fingerprint density at radius 1 is 1.18 bits per heavy atom. The molecule has 3 rings (SSSR count). The van der Waals surface area contributed by atoms with Gasteiger partial charge in [-0.25, -0.2) is 0 Å². The van der Waals surface area contributed by atoms with Gasteiger partial charge in [-0.1, -0.05) is 32.0 Å². The van der Waals surface area contributed by atoms with Crippen LogP contribution in [0.3, 0.4) is 0 Å². The third-order valence-electron chi connectivity index (χ3n) is 4.95. The number of carbonyl (C=O) groups is 1. The number of anilines is 1. The molecule has 1 amide bonds. The van der Waals surface area contributed by atoms with Crippen molar-refractivity contribution >= 4 is 11.6 Å². The van der Waals surface area contributed by atoms with Gasteiger partial charge in [0.2, 0.25) is 0 Å². The summed E-state index contributed by atoms with van der Waals surface area (Å²) in [5.41, 5.74) is 4.46. The van der Waals surface area contributed by atoms with Gasteiger partial charge in [-0.05, 0) is 53.8 Å². The van der Waals surface area contributed by atoms with Crippen LogP contribution in [0.15, 0.2) is 42.5 Å². The van der Waals surface area contributed by atoms with E-state index >= 15 is 0 Å². The number of aryl methyl sites for hydroxylation is 1. The smallest absolute Gasteiger partial charge is 0.262 e. The van der Waals surface area contributed by atoms with E-state index < -0.39 is 0 Å². The lowest BCUT2D eigenvalue weighted by Gasteiger charge is -2.26. The summed E-state index contributed by atoms with van der Waals surface area (Å²) in [6, 6.07) is 14.0. The summed E-state index contributed by atoms with van der Waals surface area (Å²) < 4.78 is 11.1. The van der Waals surface area contributed by atoms with Crippen LogP contribution in [0.25, 0.3) is 0 Å². The Bertz CT molecular complexity index is 798. The molecule has 150 valence electrons. The number of hydrogen-bond donors (Lipinski definition) is 1. The van der Waals surface area contributed by atoms with Gasteiger partial charge < -0.3 is 14.8 Å². The molecule has 1 fully saturated rings. The van der Waals surface area contributed by atoms with Gasteiger partial charge in [0.05, 0.1) is 13.2 Å². The summed E-state index contributed by atoms with van der Waals surface area (Å²) in [6.07, 6.45) is 0. The number of rotatable bonds is 7. The van der Waals surface area contributed by atoms with Crippen molar-refractivity contribution in [1.29, 1.82) is 0 Å². The van der Waals surface area contributed by atoms with Crippen molar-refractivity contribution in [3.8, 4) is 5.75 Å². The van der Waals surface area contributed by atoms with Gasteiger partial charge in [0.25, 0.3) is 5.91 Å². The molecule has 0 unspecified atom stereocenters. The molecule has 1 aliphatic heterocycles. The third-order valence-corrected chi connectivity index (χ3v) is 4.95. The Kier molecular flexibility index (Phi) is 7.06. The van der Waals surface area contributed by atoms with Gasteiger partial charge in [-0.2, -0.15) is 0 Å². The summed E-state index contributed by atoms with van der Waals surface area (Å²) in [5.74, 6) is 1.04. The van der Waals surface area contributed by atoms with E-state index in [0.29, 0.717) is 5.92 Å². The molecule has 28 heavy (non-hydrogen) atoms. The van der Waals surface area contributed by atoms with Crippen LogP contribution in [0.2, 0.25) is 0 Å². The lowest BCUT2D eigenvalue weighted by Crippen LogP contribution is -2.35. The van der Waals surface area contributed by atoms with E-state index in [9.17, 15) is 4.79 Å². The predicted molar refractivity (Wildman–Crippen MR) is 112 cm³/mol. The Labute approximate surface area is 167 Å². The largest absolute Gasteiger partial charge is 0.484 e. The second-order valence-corrected chi connectivity index (χ2v) is 7.60. The molecular weight excluding hydrogens is 352 g/mol. The number of ether oxygens (including phenoxy) is 2. The fourth-order valence-electron chi connectivity index (χ4n) is 3.50. The molecule has 1 N–H and O–H groups in total. The second kappa shape index (κ2) is 9.71. The molecule has 5 heteroatoms. The van der Waals surface area contributed by atoms with Crippen molar-refractivity contribution in [2.45, 2.75) is 33.2 Å². The highest BCUT2D eigenvalue weighted by molar-refractivity contribution is 5.91. The average Bonchev–Trinajstić information content (AvgIpc) is 2.67. The molecule has 5 nitrogen and oxygen atoms in total. The number of benzene rings is 2. The highest BCUT2D eigenvalue weighted by atomic mass is 16.5.